The number of carbonyl (C=O) groups excluding carboxylic acids is 1. The van der Waals surface area contributed by atoms with Crippen LogP contribution in [0.15, 0.2) is 5.16 Å². The summed E-state index contributed by atoms with van der Waals surface area (Å²) in [4.78, 5) is 13.3. The van der Waals surface area contributed by atoms with Crippen LogP contribution >= 0.6 is 0 Å². The van der Waals surface area contributed by atoms with Crippen molar-refractivity contribution in [3.05, 3.63) is 0 Å². The summed E-state index contributed by atoms with van der Waals surface area (Å²) in [6, 6.07) is 0. The van der Waals surface area contributed by atoms with Gasteiger partial charge in [-0.1, -0.05) is 19.0 Å². The predicted octanol–water partition coefficient (Wildman–Crippen LogP) is 1.38. The molecule has 0 radical (unpaired) electrons. The molecule has 1 saturated heterocycles. The number of carbonyl (C=O) groups is 1. The summed E-state index contributed by atoms with van der Waals surface area (Å²) in [5.41, 5.74) is 5.33. The van der Waals surface area contributed by atoms with Crippen LogP contribution in [-0.2, 0) is 4.74 Å². The Labute approximate surface area is 101 Å². The van der Waals surface area contributed by atoms with Crippen molar-refractivity contribution in [1.82, 2.24) is 4.90 Å². The third-order valence-electron chi connectivity index (χ3n) is 3.28. The number of ether oxygens (including phenoxy) is 1. The van der Waals surface area contributed by atoms with Gasteiger partial charge in [0.15, 0.2) is 0 Å². The molecule has 0 aromatic rings. The monoisotopic (exact) mass is 243 g/mol. The number of nitrogens with two attached hydrogens (primary N) is 1. The van der Waals surface area contributed by atoms with Gasteiger partial charge >= 0.3 is 6.09 Å². The van der Waals surface area contributed by atoms with Crippen molar-refractivity contribution in [2.75, 3.05) is 19.7 Å². The van der Waals surface area contributed by atoms with E-state index < -0.39 is 0 Å². The van der Waals surface area contributed by atoms with E-state index in [0.717, 1.165) is 6.42 Å². The Morgan fingerprint density at radius 1 is 1.53 bits per heavy atom. The van der Waals surface area contributed by atoms with Gasteiger partial charge in [0.1, 0.15) is 5.84 Å². The van der Waals surface area contributed by atoms with E-state index in [-0.39, 0.29) is 17.3 Å². The number of hydrogen-bond acceptors (Lipinski definition) is 4. The Hall–Kier alpha value is -1.46. The van der Waals surface area contributed by atoms with Gasteiger partial charge in [0.25, 0.3) is 0 Å². The Morgan fingerprint density at radius 3 is 2.59 bits per heavy atom. The number of oxime groups is 1. The molecular weight excluding hydrogens is 222 g/mol. The zero-order valence-corrected chi connectivity index (χ0v) is 10.5. The van der Waals surface area contributed by atoms with Crippen LogP contribution < -0.4 is 5.73 Å². The third kappa shape index (κ3) is 3.25. The van der Waals surface area contributed by atoms with Crippen molar-refractivity contribution in [3.63, 3.8) is 0 Å². The molecule has 0 bridgehead atoms. The largest absolute Gasteiger partial charge is 0.449 e. The van der Waals surface area contributed by atoms with E-state index in [1.807, 2.05) is 13.8 Å². The molecule has 1 fully saturated rings. The fourth-order valence-corrected chi connectivity index (χ4v) is 1.84. The summed E-state index contributed by atoms with van der Waals surface area (Å²) in [5, 5.41) is 11.8. The molecule has 6 nitrogen and oxygen atoms in total. The minimum absolute atomic E-state index is 0.235. The zero-order chi connectivity index (χ0) is 12.9. The van der Waals surface area contributed by atoms with Crippen molar-refractivity contribution in [2.45, 2.75) is 33.1 Å². The van der Waals surface area contributed by atoms with Crippen LogP contribution in [0.25, 0.3) is 0 Å². The standard InChI is InChI=1S/C11H21N3O3/c1-3-8-17-10(15)14-6-4-11(2,5-7-14)9(12)13-16/h16H,3-8H2,1-2H3,(H2,12,13). The number of rotatable bonds is 3. The lowest BCUT2D eigenvalue weighted by Gasteiger charge is -2.37. The molecule has 0 aromatic carbocycles. The fraction of sp³-hybridized carbons (Fsp3) is 0.818. The average Bonchev–Trinajstić information content (AvgIpc) is 2.35. The van der Waals surface area contributed by atoms with Crippen LogP contribution in [0.2, 0.25) is 0 Å². The van der Waals surface area contributed by atoms with E-state index in [1.54, 1.807) is 4.90 Å². The van der Waals surface area contributed by atoms with E-state index in [1.165, 1.54) is 0 Å². The average molecular weight is 243 g/mol. The third-order valence-corrected chi connectivity index (χ3v) is 3.28. The van der Waals surface area contributed by atoms with Gasteiger partial charge in [-0.05, 0) is 19.3 Å². The lowest BCUT2D eigenvalue weighted by molar-refractivity contribution is 0.0826. The number of likely N-dealkylation sites (tertiary alicyclic amines) is 1. The number of hydrogen-bond donors (Lipinski definition) is 2. The van der Waals surface area contributed by atoms with Gasteiger partial charge in [-0.25, -0.2) is 4.79 Å². The SMILES string of the molecule is CCCOC(=O)N1CCC(C)(C(N)=NO)CC1. The van der Waals surface area contributed by atoms with E-state index in [0.29, 0.717) is 32.5 Å². The molecule has 17 heavy (non-hydrogen) atoms. The summed E-state index contributed by atoms with van der Waals surface area (Å²) in [6.45, 7) is 5.51. The molecule has 0 saturated carbocycles. The van der Waals surface area contributed by atoms with Crippen LogP contribution in [0.4, 0.5) is 4.79 Å². The number of amidine groups is 1. The van der Waals surface area contributed by atoms with Crippen LogP contribution in [0.1, 0.15) is 33.1 Å². The number of piperidine rings is 1. The topological polar surface area (TPSA) is 88.2 Å². The van der Waals surface area contributed by atoms with Gasteiger partial charge in [-0.3, -0.25) is 0 Å². The second-order valence-corrected chi connectivity index (χ2v) is 4.65. The van der Waals surface area contributed by atoms with Crippen molar-refractivity contribution in [3.8, 4) is 0 Å². The Kier molecular flexibility index (Phi) is 4.60. The highest BCUT2D eigenvalue weighted by Gasteiger charge is 2.35. The molecule has 1 rings (SSSR count). The molecule has 98 valence electrons. The quantitative estimate of drug-likeness (QED) is 0.339. The molecule has 0 atom stereocenters. The van der Waals surface area contributed by atoms with Gasteiger partial charge < -0.3 is 20.6 Å². The van der Waals surface area contributed by atoms with Crippen LogP contribution in [0.5, 0.6) is 0 Å². The van der Waals surface area contributed by atoms with Crippen LogP contribution in [0.3, 0.4) is 0 Å². The molecule has 6 heteroatoms. The zero-order valence-electron chi connectivity index (χ0n) is 10.5. The van der Waals surface area contributed by atoms with Gasteiger partial charge in [0, 0.05) is 18.5 Å². The van der Waals surface area contributed by atoms with Crippen LogP contribution in [0, 0.1) is 5.41 Å². The van der Waals surface area contributed by atoms with E-state index >= 15 is 0 Å². The van der Waals surface area contributed by atoms with E-state index in [9.17, 15) is 4.79 Å². The van der Waals surface area contributed by atoms with Crippen molar-refractivity contribution in [2.24, 2.45) is 16.3 Å². The Morgan fingerprint density at radius 2 is 2.12 bits per heavy atom. The lowest BCUT2D eigenvalue weighted by atomic mass is 9.79. The van der Waals surface area contributed by atoms with E-state index in [2.05, 4.69) is 5.16 Å². The van der Waals surface area contributed by atoms with Crippen molar-refractivity contribution in [1.29, 1.82) is 0 Å². The minimum Gasteiger partial charge on any atom is -0.449 e. The van der Waals surface area contributed by atoms with Gasteiger partial charge in [-0.15, -0.1) is 0 Å². The molecule has 1 aliphatic heterocycles. The smallest absolute Gasteiger partial charge is 0.409 e. The van der Waals surface area contributed by atoms with Crippen LogP contribution in [-0.4, -0.2) is 41.7 Å². The number of amides is 1. The molecule has 1 aliphatic rings. The number of nitrogens with zero attached hydrogens (tertiary/aromatic N) is 2. The van der Waals surface area contributed by atoms with Crippen molar-refractivity contribution < 1.29 is 14.7 Å². The molecular formula is C11H21N3O3. The summed E-state index contributed by atoms with van der Waals surface area (Å²) < 4.78 is 5.06. The summed E-state index contributed by atoms with van der Waals surface area (Å²) in [7, 11) is 0. The maximum Gasteiger partial charge on any atom is 0.409 e. The molecule has 3 N–H and O–H groups in total. The van der Waals surface area contributed by atoms with Gasteiger partial charge in [0.2, 0.25) is 0 Å². The minimum atomic E-state index is -0.323. The maximum atomic E-state index is 11.6. The van der Waals surface area contributed by atoms with Crippen molar-refractivity contribution >= 4 is 11.9 Å². The molecule has 0 spiro atoms. The Balaban J connectivity index is 2.48. The first-order chi connectivity index (χ1) is 8.03. The highest BCUT2D eigenvalue weighted by Crippen LogP contribution is 2.31. The molecule has 0 unspecified atom stereocenters. The highest BCUT2D eigenvalue weighted by molar-refractivity contribution is 5.86. The lowest BCUT2D eigenvalue weighted by Crippen LogP contribution is -2.47. The molecule has 1 heterocycles. The molecule has 0 aromatic heterocycles. The summed E-state index contributed by atoms with van der Waals surface area (Å²) >= 11 is 0. The first-order valence-electron chi connectivity index (χ1n) is 5.93. The maximum absolute atomic E-state index is 11.6. The van der Waals surface area contributed by atoms with Gasteiger partial charge in [-0.2, -0.15) is 0 Å². The first kappa shape index (κ1) is 13.6. The molecule has 0 aliphatic carbocycles. The predicted molar refractivity (Wildman–Crippen MR) is 64.0 cm³/mol. The second-order valence-electron chi connectivity index (χ2n) is 4.65. The summed E-state index contributed by atoms with van der Waals surface area (Å²) in [6.07, 6.45) is 1.92. The highest BCUT2D eigenvalue weighted by atomic mass is 16.6. The summed E-state index contributed by atoms with van der Waals surface area (Å²) in [5.74, 6) is 0.235. The van der Waals surface area contributed by atoms with E-state index in [4.69, 9.17) is 15.7 Å². The van der Waals surface area contributed by atoms with Gasteiger partial charge in [0.05, 0.1) is 6.61 Å². The fourth-order valence-electron chi connectivity index (χ4n) is 1.84. The molecule has 1 amide bonds. The second kappa shape index (κ2) is 5.75. The normalized spacial score (nSPS) is 20.1. The Bertz CT molecular complexity index is 296. The first-order valence-corrected chi connectivity index (χ1v) is 5.93.